The predicted molar refractivity (Wildman–Crippen MR) is 96.2 cm³/mol. The van der Waals surface area contributed by atoms with E-state index >= 15 is 0 Å². The second kappa shape index (κ2) is 6.37. The van der Waals surface area contributed by atoms with Crippen LogP contribution in [0.5, 0.6) is 11.5 Å². The molecule has 1 aliphatic rings. The maximum absolute atomic E-state index is 13.5. The molecule has 3 aromatic rings. The van der Waals surface area contributed by atoms with E-state index in [1.165, 1.54) is 12.1 Å². The van der Waals surface area contributed by atoms with Crippen LogP contribution in [0.4, 0.5) is 4.39 Å². The molecule has 0 unspecified atom stereocenters. The third-order valence-corrected chi connectivity index (χ3v) is 4.82. The van der Waals surface area contributed by atoms with E-state index < -0.39 is 0 Å². The normalized spacial score (nSPS) is 13.6. The van der Waals surface area contributed by atoms with Crippen LogP contribution >= 0.6 is 0 Å². The fourth-order valence-electron chi connectivity index (χ4n) is 3.48. The Bertz CT molecular complexity index is 974. The third kappa shape index (κ3) is 2.77. The van der Waals surface area contributed by atoms with Crippen LogP contribution in [0, 0.1) is 5.82 Å². The number of hydrogen-bond acceptors (Lipinski definition) is 3. The molecule has 0 saturated heterocycles. The largest absolute Gasteiger partial charge is 0.497 e. The van der Waals surface area contributed by atoms with Crippen LogP contribution in [0.25, 0.3) is 10.9 Å². The number of rotatable bonds is 3. The first-order chi connectivity index (χ1) is 12.6. The lowest BCUT2D eigenvalue weighted by molar-refractivity contribution is 0.0734. The highest BCUT2D eigenvalue weighted by Crippen LogP contribution is 2.30. The summed E-state index contributed by atoms with van der Waals surface area (Å²) in [5.41, 5.74) is 3.41. The van der Waals surface area contributed by atoms with Gasteiger partial charge in [-0.1, -0.05) is 0 Å². The Morgan fingerprint density at radius 1 is 1.12 bits per heavy atom. The van der Waals surface area contributed by atoms with Crippen molar-refractivity contribution in [3.63, 3.8) is 0 Å². The predicted octanol–water partition coefficient (Wildman–Crippen LogP) is 3.52. The molecule has 0 bridgehead atoms. The molecule has 1 aliphatic heterocycles. The van der Waals surface area contributed by atoms with E-state index in [-0.39, 0.29) is 11.7 Å². The summed E-state index contributed by atoms with van der Waals surface area (Å²) in [6.07, 6.45) is 0.707. The molecule has 1 aromatic heterocycles. The lowest BCUT2D eigenvalue weighted by Gasteiger charge is -2.27. The zero-order valence-corrected chi connectivity index (χ0v) is 14.6. The average Bonchev–Trinajstić information content (AvgIpc) is 3.03. The van der Waals surface area contributed by atoms with Gasteiger partial charge in [0.15, 0.2) is 0 Å². The van der Waals surface area contributed by atoms with Crippen molar-refractivity contribution < 1.29 is 18.7 Å². The molecule has 5 nitrogen and oxygen atoms in total. The number of benzene rings is 2. The summed E-state index contributed by atoms with van der Waals surface area (Å²) in [7, 11) is 3.11. The van der Waals surface area contributed by atoms with E-state index in [1.54, 1.807) is 43.4 Å². The van der Waals surface area contributed by atoms with Crippen LogP contribution < -0.4 is 9.47 Å². The average molecular weight is 354 g/mol. The van der Waals surface area contributed by atoms with Gasteiger partial charge in [0.2, 0.25) is 0 Å². The SMILES string of the molecule is COc1cc(OC)cc(C(=O)N2CCc3[nH]c4cc(F)ccc4c3C2)c1. The monoisotopic (exact) mass is 354 g/mol. The molecule has 26 heavy (non-hydrogen) atoms. The fraction of sp³-hybridized carbons (Fsp3) is 0.250. The summed E-state index contributed by atoms with van der Waals surface area (Å²) in [5.74, 6) is 0.803. The van der Waals surface area contributed by atoms with Crippen molar-refractivity contribution in [3.8, 4) is 11.5 Å². The van der Waals surface area contributed by atoms with Crippen LogP contribution in [0.3, 0.4) is 0 Å². The fourth-order valence-corrected chi connectivity index (χ4v) is 3.48. The number of nitrogens with one attached hydrogen (secondary N) is 1. The number of carbonyl (C=O) groups excluding carboxylic acids is 1. The number of ether oxygens (including phenoxy) is 2. The van der Waals surface area contributed by atoms with Crippen LogP contribution in [-0.4, -0.2) is 36.6 Å². The minimum Gasteiger partial charge on any atom is -0.497 e. The van der Waals surface area contributed by atoms with E-state index in [0.717, 1.165) is 22.2 Å². The first-order valence-corrected chi connectivity index (χ1v) is 8.40. The molecule has 134 valence electrons. The number of methoxy groups -OCH3 is 2. The molecule has 0 atom stereocenters. The van der Waals surface area contributed by atoms with E-state index in [1.807, 2.05) is 0 Å². The highest BCUT2D eigenvalue weighted by molar-refractivity contribution is 5.96. The highest BCUT2D eigenvalue weighted by atomic mass is 19.1. The van der Waals surface area contributed by atoms with Crippen molar-refractivity contribution in [2.24, 2.45) is 0 Å². The third-order valence-electron chi connectivity index (χ3n) is 4.82. The number of amides is 1. The summed E-state index contributed by atoms with van der Waals surface area (Å²) in [5, 5.41) is 0.960. The molecule has 2 aromatic carbocycles. The molecule has 0 radical (unpaired) electrons. The van der Waals surface area contributed by atoms with Gasteiger partial charge in [-0.05, 0) is 30.3 Å². The van der Waals surface area contributed by atoms with Gasteiger partial charge >= 0.3 is 0 Å². The molecule has 4 rings (SSSR count). The molecule has 0 saturated carbocycles. The van der Waals surface area contributed by atoms with E-state index in [4.69, 9.17) is 9.47 Å². The number of aromatic nitrogens is 1. The Hall–Kier alpha value is -3.02. The second-order valence-corrected chi connectivity index (χ2v) is 6.35. The zero-order valence-electron chi connectivity index (χ0n) is 14.6. The summed E-state index contributed by atoms with van der Waals surface area (Å²) in [4.78, 5) is 18.1. The van der Waals surface area contributed by atoms with Gasteiger partial charge in [0.1, 0.15) is 17.3 Å². The Labute approximate surface area is 150 Å². The first kappa shape index (κ1) is 16.4. The zero-order chi connectivity index (χ0) is 18.3. The number of H-pyrrole nitrogens is 1. The van der Waals surface area contributed by atoms with Crippen LogP contribution in [-0.2, 0) is 13.0 Å². The summed E-state index contributed by atoms with van der Waals surface area (Å²) < 4.78 is 24.0. The number of nitrogens with zero attached hydrogens (tertiary/aromatic N) is 1. The van der Waals surface area contributed by atoms with Gasteiger partial charge < -0.3 is 19.4 Å². The Morgan fingerprint density at radius 2 is 1.85 bits per heavy atom. The molecule has 0 aliphatic carbocycles. The van der Waals surface area contributed by atoms with Gasteiger partial charge in [-0.25, -0.2) is 4.39 Å². The number of carbonyl (C=O) groups is 1. The quantitative estimate of drug-likeness (QED) is 0.783. The van der Waals surface area contributed by atoms with Crippen molar-refractivity contribution in [1.82, 2.24) is 9.88 Å². The first-order valence-electron chi connectivity index (χ1n) is 8.40. The Kier molecular flexibility index (Phi) is 4.03. The lowest BCUT2D eigenvalue weighted by atomic mass is 10.0. The molecular weight excluding hydrogens is 335 g/mol. The second-order valence-electron chi connectivity index (χ2n) is 6.35. The number of hydrogen-bond donors (Lipinski definition) is 1. The van der Waals surface area contributed by atoms with Crippen molar-refractivity contribution in [1.29, 1.82) is 0 Å². The Morgan fingerprint density at radius 3 is 2.54 bits per heavy atom. The van der Waals surface area contributed by atoms with Crippen molar-refractivity contribution in [2.45, 2.75) is 13.0 Å². The summed E-state index contributed by atoms with van der Waals surface area (Å²) in [6.45, 7) is 1.08. The van der Waals surface area contributed by atoms with Crippen molar-refractivity contribution in [3.05, 3.63) is 59.0 Å². The van der Waals surface area contributed by atoms with Gasteiger partial charge in [0, 0.05) is 53.3 Å². The van der Waals surface area contributed by atoms with Gasteiger partial charge in [0.05, 0.1) is 14.2 Å². The smallest absolute Gasteiger partial charge is 0.254 e. The maximum Gasteiger partial charge on any atom is 0.254 e. The van der Waals surface area contributed by atoms with Crippen LogP contribution in [0.2, 0.25) is 0 Å². The number of aromatic amines is 1. The molecule has 2 heterocycles. The highest BCUT2D eigenvalue weighted by Gasteiger charge is 2.25. The van der Waals surface area contributed by atoms with Crippen molar-refractivity contribution >= 4 is 16.8 Å². The topological polar surface area (TPSA) is 54.6 Å². The number of fused-ring (bicyclic) bond motifs is 3. The van der Waals surface area contributed by atoms with Gasteiger partial charge in [0.25, 0.3) is 5.91 Å². The minimum atomic E-state index is -0.271. The Balaban J connectivity index is 1.66. The van der Waals surface area contributed by atoms with E-state index in [2.05, 4.69) is 4.98 Å². The molecule has 1 amide bonds. The maximum atomic E-state index is 13.5. The van der Waals surface area contributed by atoms with Crippen molar-refractivity contribution in [2.75, 3.05) is 20.8 Å². The molecule has 1 N–H and O–H groups in total. The standard InChI is InChI=1S/C20H19FN2O3/c1-25-14-7-12(8-15(10-14)26-2)20(24)23-6-5-18-17(11-23)16-4-3-13(21)9-19(16)22-18/h3-4,7-10,22H,5-6,11H2,1-2H3. The lowest BCUT2D eigenvalue weighted by Crippen LogP contribution is -2.35. The van der Waals surface area contributed by atoms with Crippen LogP contribution in [0.15, 0.2) is 36.4 Å². The van der Waals surface area contributed by atoms with Gasteiger partial charge in [-0.2, -0.15) is 0 Å². The van der Waals surface area contributed by atoms with Gasteiger partial charge in [-0.3, -0.25) is 4.79 Å². The summed E-state index contributed by atoms with van der Waals surface area (Å²) in [6, 6.07) is 9.87. The minimum absolute atomic E-state index is 0.0793. The van der Waals surface area contributed by atoms with Gasteiger partial charge in [-0.15, -0.1) is 0 Å². The van der Waals surface area contributed by atoms with E-state index in [0.29, 0.717) is 36.6 Å². The molecule has 6 heteroatoms. The molecular formula is C20H19FN2O3. The molecule has 0 fully saturated rings. The number of halogens is 1. The summed E-state index contributed by atoms with van der Waals surface area (Å²) >= 11 is 0. The van der Waals surface area contributed by atoms with Crippen LogP contribution in [0.1, 0.15) is 21.6 Å². The molecule has 0 spiro atoms. The van der Waals surface area contributed by atoms with E-state index in [9.17, 15) is 9.18 Å².